The van der Waals surface area contributed by atoms with E-state index in [9.17, 15) is 5.11 Å². The topological polar surface area (TPSA) is 29.5 Å². The third-order valence-electron chi connectivity index (χ3n) is 7.87. The van der Waals surface area contributed by atoms with Crippen LogP contribution in [0.15, 0.2) is 0 Å². The van der Waals surface area contributed by atoms with E-state index in [1.807, 2.05) is 13.8 Å². The molecule has 2 rings (SSSR count). The monoisotopic (exact) mass is 454 g/mol. The van der Waals surface area contributed by atoms with Crippen molar-refractivity contribution in [2.45, 2.75) is 132 Å². The fourth-order valence-corrected chi connectivity index (χ4v) is 5.27. The first kappa shape index (κ1) is 29.9. The van der Waals surface area contributed by atoms with Crippen molar-refractivity contribution in [2.24, 2.45) is 17.8 Å². The summed E-state index contributed by atoms with van der Waals surface area (Å²) in [4.78, 5) is 0. The molecule has 0 fully saturated rings. The van der Waals surface area contributed by atoms with Crippen LogP contribution < -0.4 is 4.74 Å². The summed E-state index contributed by atoms with van der Waals surface area (Å²) in [5, 5.41) is 10.4. The van der Waals surface area contributed by atoms with E-state index in [0.29, 0.717) is 5.75 Å². The van der Waals surface area contributed by atoms with Crippen LogP contribution in [-0.2, 0) is 6.42 Å². The molecule has 0 bridgehead atoms. The zero-order chi connectivity index (χ0) is 23.2. The van der Waals surface area contributed by atoms with Crippen LogP contribution in [0.4, 0.5) is 0 Å². The van der Waals surface area contributed by atoms with E-state index >= 15 is 0 Å². The van der Waals surface area contributed by atoms with Crippen molar-refractivity contribution in [3.05, 3.63) is 22.3 Å². The van der Waals surface area contributed by atoms with E-state index < -0.39 is 0 Å². The maximum absolute atomic E-state index is 10.4. The first-order chi connectivity index (χ1) is 14.5. The van der Waals surface area contributed by atoms with Crippen molar-refractivity contribution < 1.29 is 9.84 Å². The Hall–Kier alpha value is -0.180. The standard InChI is InChI=1S/C29H50O2.Na.H/c1-20(2)12-9-13-21(3)14-10-15-22(4)16-11-18-29(8)19-17-26-25(7)27(30)23(5)24(6)28(26)31-29;;/h20-22,30H,9-19H2,1-8H3;;/t21?,22?,29-;;/m1../s1. The molecule has 32 heavy (non-hydrogen) atoms. The van der Waals surface area contributed by atoms with E-state index in [-0.39, 0.29) is 35.2 Å². The molecule has 0 aliphatic carbocycles. The summed E-state index contributed by atoms with van der Waals surface area (Å²) in [5.41, 5.74) is 4.23. The molecule has 0 amide bonds. The van der Waals surface area contributed by atoms with Gasteiger partial charge in [-0.15, -0.1) is 0 Å². The molecular formula is C29H51NaO2. The fourth-order valence-electron chi connectivity index (χ4n) is 5.27. The second-order valence-corrected chi connectivity index (χ2v) is 11.4. The molecule has 2 nitrogen and oxygen atoms in total. The minimum atomic E-state index is -0.0712. The molecule has 1 heterocycles. The predicted molar refractivity (Wildman–Crippen MR) is 142 cm³/mol. The first-order valence-corrected chi connectivity index (χ1v) is 13.0. The molecule has 1 aromatic carbocycles. The van der Waals surface area contributed by atoms with Crippen molar-refractivity contribution >= 4 is 29.6 Å². The number of rotatable bonds is 12. The van der Waals surface area contributed by atoms with Crippen molar-refractivity contribution in [1.29, 1.82) is 0 Å². The Balaban J connectivity index is 0.00000512. The molecule has 0 aromatic heterocycles. The van der Waals surface area contributed by atoms with Crippen LogP contribution in [0.25, 0.3) is 0 Å². The number of aromatic hydroxyl groups is 1. The molecule has 0 spiro atoms. The first-order valence-electron chi connectivity index (χ1n) is 13.0. The molecule has 1 aliphatic rings. The number of hydrogen-bond acceptors (Lipinski definition) is 2. The number of phenolic OH excluding ortho intramolecular Hbond substituents is 1. The molecule has 1 aliphatic heterocycles. The average molecular weight is 455 g/mol. The van der Waals surface area contributed by atoms with Crippen molar-refractivity contribution in [3.63, 3.8) is 0 Å². The number of fused-ring (bicyclic) bond motifs is 1. The van der Waals surface area contributed by atoms with Crippen LogP contribution in [0.3, 0.4) is 0 Å². The second-order valence-electron chi connectivity index (χ2n) is 11.4. The molecule has 0 saturated heterocycles. The fraction of sp³-hybridized carbons (Fsp3) is 0.793. The quantitative estimate of drug-likeness (QED) is 0.323. The predicted octanol–water partition coefficient (Wildman–Crippen LogP) is 8.19. The van der Waals surface area contributed by atoms with Gasteiger partial charge in [0.05, 0.1) is 0 Å². The summed E-state index contributed by atoms with van der Waals surface area (Å²) >= 11 is 0. The summed E-state index contributed by atoms with van der Waals surface area (Å²) in [5.74, 6) is 4.04. The van der Waals surface area contributed by atoms with Crippen molar-refractivity contribution in [1.82, 2.24) is 0 Å². The summed E-state index contributed by atoms with van der Waals surface area (Å²) in [6, 6.07) is 0. The van der Waals surface area contributed by atoms with Gasteiger partial charge in [0.15, 0.2) is 0 Å². The number of benzene rings is 1. The Bertz CT molecular complexity index is 712. The number of hydrogen-bond donors (Lipinski definition) is 1. The van der Waals surface area contributed by atoms with E-state index in [2.05, 4.69) is 41.5 Å². The van der Waals surface area contributed by atoms with Gasteiger partial charge in [-0.25, -0.2) is 0 Å². The Morgan fingerprint density at radius 3 is 1.91 bits per heavy atom. The van der Waals surface area contributed by atoms with E-state index in [0.717, 1.165) is 59.5 Å². The van der Waals surface area contributed by atoms with Gasteiger partial charge < -0.3 is 9.84 Å². The van der Waals surface area contributed by atoms with Crippen LogP contribution in [0.1, 0.15) is 121 Å². The Morgan fingerprint density at radius 1 is 0.812 bits per heavy atom. The molecule has 2 unspecified atom stereocenters. The molecule has 1 N–H and O–H groups in total. The van der Waals surface area contributed by atoms with Gasteiger partial charge in [-0.1, -0.05) is 72.6 Å². The number of ether oxygens (including phenoxy) is 1. The SMILES string of the molecule is Cc1c(C)c2c(c(C)c1O)CC[C@@](C)(CCCC(C)CCCC(C)CCCC(C)C)O2.[NaH]. The molecule has 0 saturated carbocycles. The minimum absolute atomic E-state index is 0. The van der Waals surface area contributed by atoms with Crippen LogP contribution >= 0.6 is 0 Å². The van der Waals surface area contributed by atoms with E-state index in [1.54, 1.807) is 0 Å². The van der Waals surface area contributed by atoms with E-state index in [1.165, 1.54) is 56.9 Å². The van der Waals surface area contributed by atoms with Crippen LogP contribution in [0.2, 0.25) is 0 Å². The normalized spacial score (nSPS) is 19.8. The Labute approximate surface area is 221 Å². The van der Waals surface area contributed by atoms with E-state index in [4.69, 9.17) is 4.74 Å². The van der Waals surface area contributed by atoms with Crippen molar-refractivity contribution in [3.8, 4) is 11.5 Å². The van der Waals surface area contributed by atoms with Crippen LogP contribution in [0, 0.1) is 38.5 Å². The van der Waals surface area contributed by atoms with Crippen LogP contribution in [0.5, 0.6) is 11.5 Å². The third kappa shape index (κ3) is 8.55. The molecule has 3 heteroatoms. The summed E-state index contributed by atoms with van der Waals surface area (Å²) in [6.07, 6.45) is 14.1. The Kier molecular flexibility index (Phi) is 12.7. The van der Waals surface area contributed by atoms with Gasteiger partial charge in [0.25, 0.3) is 0 Å². The number of phenols is 1. The average Bonchev–Trinajstić information content (AvgIpc) is 2.70. The second kappa shape index (κ2) is 13.6. The van der Waals surface area contributed by atoms with Gasteiger partial charge in [-0.2, -0.15) is 0 Å². The van der Waals surface area contributed by atoms with Gasteiger partial charge in [0.1, 0.15) is 17.1 Å². The summed E-state index contributed by atoms with van der Waals surface area (Å²) < 4.78 is 6.60. The summed E-state index contributed by atoms with van der Waals surface area (Å²) in [7, 11) is 0. The molecule has 3 atom stereocenters. The summed E-state index contributed by atoms with van der Waals surface area (Å²) in [6.45, 7) is 17.9. The molecule has 180 valence electrons. The van der Waals surface area contributed by atoms with Gasteiger partial charge in [0.2, 0.25) is 0 Å². The zero-order valence-electron chi connectivity index (χ0n) is 21.9. The molecule has 0 radical (unpaired) electrons. The van der Waals surface area contributed by atoms with Crippen LogP contribution in [-0.4, -0.2) is 40.3 Å². The maximum atomic E-state index is 10.4. The third-order valence-corrected chi connectivity index (χ3v) is 7.87. The van der Waals surface area contributed by atoms with Gasteiger partial charge >= 0.3 is 29.6 Å². The van der Waals surface area contributed by atoms with Gasteiger partial charge in [-0.05, 0) is 87.8 Å². The van der Waals surface area contributed by atoms with Gasteiger partial charge in [0, 0.05) is 5.56 Å². The molecule has 1 aromatic rings. The molecular weight excluding hydrogens is 403 g/mol. The van der Waals surface area contributed by atoms with Gasteiger partial charge in [-0.3, -0.25) is 0 Å². The van der Waals surface area contributed by atoms with Crippen molar-refractivity contribution in [2.75, 3.05) is 0 Å². The Morgan fingerprint density at radius 2 is 1.34 bits per heavy atom. The zero-order valence-corrected chi connectivity index (χ0v) is 21.9.